The van der Waals surface area contributed by atoms with Gasteiger partial charge >= 0.3 is 6.09 Å². The Morgan fingerprint density at radius 3 is 2.24 bits per heavy atom. The molecule has 1 fully saturated rings. The first kappa shape index (κ1) is 13.7. The first-order valence-corrected chi connectivity index (χ1v) is 7.13. The molecule has 1 heterocycles. The number of hydrogen-bond donors (Lipinski definition) is 0. The third kappa shape index (κ3) is 2.40. The van der Waals surface area contributed by atoms with Crippen LogP contribution in [0, 0.1) is 6.92 Å². The number of rotatable bonds is 2. The van der Waals surface area contributed by atoms with E-state index in [-0.39, 0.29) is 12.1 Å². The zero-order valence-corrected chi connectivity index (χ0v) is 12.5. The van der Waals surface area contributed by atoms with E-state index in [1.54, 1.807) is 4.90 Å². The SMILES string of the molecule is Cc1ccc(N2C(=O)OC(C)(C)C2c2ccccc2)cc1. The molecule has 0 radical (unpaired) electrons. The van der Waals surface area contributed by atoms with Crippen LogP contribution in [-0.2, 0) is 4.74 Å². The summed E-state index contributed by atoms with van der Waals surface area (Å²) in [6.07, 6.45) is -0.294. The molecule has 0 saturated carbocycles. The quantitative estimate of drug-likeness (QED) is 0.812. The van der Waals surface area contributed by atoms with E-state index in [1.807, 2.05) is 75.4 Å². The molecule has 1 aliphatic heterocycles. The number of carbonyl (C=O) groups is 1. The average Bonchev–Trinajstić information content (AvgIpc) is 2.70. The van der Waals surface area contributed by atoms with E-state index in [0.717, 1.165) is 11.3 Å². The zero-order chi connectivity index (χ0) is 15.0. The number of amides is 1. The van der Waals surface area contributed by atoms with Crippen molar-refractivity contribution in [3.05, 3.63) is 65.7 Å². The molecule has 1 amide bonds. The molecular formula is C18H19NO2. The van der Waals surface area contributed by atoms with Gasteiger partial charge in [-0.15, -0.1) is 0 Å². The highest BCUT2D eigenvalue weighted by Crippen LogP contribution is 2.43. The van der Waals surface area contributed by atoms with E-state index in [9.17, 15) is 4.79 Å². The van der Waals surface area contributed by atoms with Crippen molar-refractivity contribution in [1.29, 1.82) is 0 Å². The minimum absolute atomic E-state index is 0.131. The summed E-state index contributed by atoms with van der Waals surface area (Å²) in [7, 11) is 0. The van der Waals surface area contributed by atoms with Crippen LogP contribution in [0.5, 0.6) is 0 Å². The van der Waals surface area contributed by atoms with Crippen LogP contribution in [0.3, 0.4) is 0 Å². The lowest BCUT2D eigenvalue weighted by Gasteiger charge is -2.29. The van der Waals surface area contributed by atoms with Gasteiger partial charge in [-0.25, -0.2) is 4.79 Å². The van der Waals surface area contributed by atoms with E-state index >= 15 is 0 Å². The number of cyclic esters (lactones) is 1. The molecule has 0 spiro atoms. The highest BCUT2D eigenvalue weighted by Gasteiger charge is 2.49. The number of benzene rings is 2. The van der Waals surface area contributed by atoms with Gasteiger partial charge in [0.15, 0.2) is 0 Å². The first-order chi connectivity index (χ1) is 9.99. The Bertz CT molecular complexity index is 647. The van der Waals surface area contributed by atoms with Gasteiger partial charge in [0, 0.05) is 5.69 Å². The smallest absolute Gasteiger partial charge is 0.415 e. The first-order valence-electron chi connectivity index (χ1n) is 7.13. The molecule has 108 valence electrons. The molecular weight excluding hydrogens is 262 g/mol. The third-order valence-electron chi connectivity index (χ3n) is 3.89. The third-order valence-corrected chi connectivity index (χ3v) is 3.89. The Balaban J connectivity index is 2.08. The fraction of sp³-hybridized carbons (Fsp3) is 0.278. The van der Waals surface area contributed by atoms with Gasteiger partial charge in [0.25, 0.3) is 0 Å². The van der Waals surface area contributed by atoms with E-state index in [2.05, 4.69) is 0 Å². The number of nitrogens with zero attached hydrogens (tertiary/aromatic N) is 1. The van der Waals surface area contributed by atoms with Crippen LogP contribution in [-0.4, -0.2) is 11.7 Å². The predicted octanol–water partition coefficient (Wildman–Crippen LogP) is 4.47. The molecule has 0 bridgehead atoms. The molecule has 1 unspecified atom stereocenters. The molecule has 2 aromatic carbocycles. The highest BCUT2D eigenvalue weighted by molar-refractivity contribution is 5.91. The van der Waals surface area contributed by atoms with E-state index in [0.29, 0.717) is 0 Å². The maximum absolute atomic E-state index is 12.4. The van der Waals surface area contributed by atoms with Crippen molar-refractivity contribution in [2.24, 2.45) is 0 Å². The summed E-state index contributed by atoms with van der Waals surface area (Å²) in [5.74, 6) is 0. The Kier molecular flexibility index (Phi) is 3.20. The Labute approximate surface area is 125 Å². The fourth-order valence-corrected chi connectivity index (χ4v) is 2.89. The van der Waals surface area contributed by atoms with Crippen molar-refractivity contribution in [2.75, 3.05) is 4.90 Å². The van der Waals surface area contributed by atoms with Crippen molar-refractivity contribution >= 4 is 11.8 Å². The minimum Gasteiger partial charge on any atom is -0.441 e. The maximum atomic E-state index is 12.4. The molecule has 2 aromatic rings. The second-order valence-electron chi connectivity index (χ2n) is 5.99. The van der Waals surface area contributed by atoms with Crippen LogP contribution in [0.25, 0.3) is 0 Å². The number of anilines is 1. The lowest BCUT2D eigenvalue weighted by molar-refractivity contribution is 0.0685. The Morgan fingerprint density at radius 1 is 1.00 bits per heavy atom. The lowest BCUT2D eigenvalue weighted by atomic mass is 9.91. The molecule has 3 heteroatoms. The summed E-state index contributed by atoms with van der Waals surface area (Å²) in [6, 6.07) is 17.8. The van der Waals surface area contributed by atoms with Gasteiger partial charge in [0.05, 0.1) is 0 Å². The minimum atomic E-state index is -0.566. The standard InChI is InChI=1S/C18H19NO2/c1-13-9-11-15(12-10-13)19-16(14-7-5-4-6-8-14)18(2,3)21-17(19)20/h4-12,16H,1-3H3. The van der Waals surface area contributed by atoms with Crippen LogP contribution in [0.1, 0.15) is 31.0 Å². The summed E-state index contributed by atoms with van der Waals surface area (Å²) in [5, 5.41) is 0. The summed E-state index contributed by atoms with van der Waals surface area (Å²) in [6.45, 7) is 5.94. The largest absolute Gasteiger partial charge is 0.441 e. The van der Waals surface area contributed by atoms with Gasteiger partial charge in [-0.3, -0.25) is 4.90 Å². The Hall–Kier alpha value is -2.29. The Morgan fingerprint density at radius 2 is 1.62 bits per heavy atom. The second kappa shape index (κ2) is 4.92. The molecule has 0 aromatic heterocycles. The molecule has 0 N–H and O–H groups in total. The van der Waals surface area contributed by atoms with Gasteiger partial charge in [-0.1, -0.05) is 48.0 Å². The molecule has 3 rings (SSSR count). The van der Waals surface area contributed by atoms with Crippen molar-refractivity contribution < 1.29 is 9.53 Å². The van der Waals surface area contributed by atoms with Gasteiger partial charge in [-0.05, 0) is 38.5 Å². The van der Waals surface area contributed by atoms with Gasteiger partial charge < -0.3 is 4.74 Å². The fourth-order valence-electron chi connectivity index (χ4n) is 2.89. The molecule has 3 nitrogen and oxygen atoms in total. The maximum Gasteiger partial charge on any atom is 0.415 e. The number of carbonyl (C=O) groups excluding carboxylic acids is 1. The van der Waals surface area contributed by atoms with Crippen LogP contribution in [0.4, 0.5) is 10.5 Å². The van der Waals surface area contributed by atoms with Crippen molar-refractivity contribution in [2.45, 2.75) is 32.4 Å². The van der Waals surface area contributed by atoms with E-state index in [1.165, 1.54) is 5.56 Å². The van der Waals surface area contributed by atoms with Crippen LogP contribution in [0.15, 0.2) is 54.6 Å². The number of hydrogen-bond acceptors (Lipinski definition) is 2. The molecule has 0 aliphatic carbocycles. The highest BCUT2D eigenvalue weighted by atomic mass is 16.6. The van der Waals surface area contributed by atoms with Gasteiger partial charge in [0.1, 0.15) is 11.6 Å². The summed E-state index contributed by atoms with van der Waals surface area (Å²) < 4.78 is 5.60. The van der Waals surface area contributed by atoms with Crippen LogP contribution in [0.2, 0.25) is 0 Å². The van der Waals surface area contributed by atoms with E-state index < -0.39 is 5.60 Å². The van der Waals surface area contributed by atoms with Gasteiger partial charge in [0.2, 0.25) is 0 Å². The average molecular weight is 281 g/mol. The monoisotopic (exact) mass is 281 g/mol. The molecule has 1 saturated heterocycles. The van der Waals surface area contributed by atoms with Crippen molar-refractivity contribution in [3.63, 3.8) is 0 Å². The molecule has 1 aliphatic rings. The zero-order valence-electron chi connectivity index (χ0n) is 12.5. The van der Waals surface area contributed by atoms with Gasteiger partial charge in [-0.2, -0.15) is 0 Å². The van der Waals surface area contributed by atoms with Crippen molar-refractivity contribution in [1.82, 2.24) is 0 Å². The van der Waals surface area contributed by atoms with Crippen molar-refractivity contribution in [3.8, 4) is 0 Å². The molecule has 1 atom stereocenters. The normalized spacial score (nSPS) is 20.4. The second-order valence-corrected chi connectivity index (χ2v) is 5.99. The topological polar surface area (TPSA) is 29.5 Å². The van der Waals surface area contributed by atoms with E-state index in [4.69, 9.17) is 4.74 Å². The lowest BCUT2D eigenvalue weighted by Crippen LogP contribution is -2.33. The summed E-state index contributed by atoms with van der Waals surface area (Å²) >= 11 is 0. The summed E-state index contributed by atoms with van der Waals surface area (Å²) in [5.41, 5.74) is 2.55. The van der Waals surface area contributed by atoms with Crippen LogP contribution < -0.4 is 4.90 Å². The summed E-state index contributed by atoms with van der Waals surface area (Å²) in [4.78, 5) is 14.1. The predicted molar refractivity (Wildman–Crippen MR) is 83.4 cm³/mol. The van der Waals surface area contributed by atoms with Crippen LogP contribution >= 0.6 is 0 Å². The number of ether oxygens (including phenoxy) is 1. The molecule has 21 heavy (non-hydrogen) atoms. The number of aryl methyl sites for hydroxylation is 1.